The Bertz CT molecular complexity index is 991. The van der Waals surface area contributed by atoms with Crippen molar-refractivity contribution in [3.05, 3.63) is 41.0 Å². The first-order chi connectivity index (χ1) is 14.5. The lowest BCUT2D eigenvalue weighted by Gasteiger charge is -2.44. The van der Waals surface area contributed by atoms with E-state index >= 15 is 0 Å². The SMILES string of the molecule is COc1cc([C@@H]2c3cc4c(cc3[C@@H](O)[C@H]3COC(=O)C[C@H]23)OCO4)cc(OC)c1O. The molecule has 1 fully saturated rings. The van der Waals surface area contributed by atoms with Gasteiger partial charge in [-0.1, -0.05) is 0 Å². The van der Waals surface area contributed by atoms with E-state index in [1.165, 1.54) is 14.2 Å². The number of phenolic OH excluding ortho intramolecular Hbond substituents is 1. The number of aliphatic hydroxyl groups is 1. The van der Waals surface area contributed by atoms with Gasteiger partial charge in [0.25, 0.3) is 0 Å². The highest BCUT2D eigenvalue weighted by atomic mass is 16.7. The molecule has 2 heterocycles. The second kappa shape index (κ2) is 6.98. The third kappa shape index (κ3) is 2.74. The van der Waals surface area contributed by atoms with Crippen molar-refractivity contribution in [2.75, 3.05) is 27.6 Å². The van der Waals surface area contributed by atoms with E-state index in [1.807, 2.05) is 6.07 Å². The van der Waals surface area contributed by atoms with Crippen LogP contribution in [0.1, 0.15) is 35.1 Å². The van der Waals surface area contributed by atoms with Crippen LogP contribution < -0.4 is 18.9 Å². The molecule has 2 aromatic carbocycles. The number of ether oxygens (including phenoxy) is 5. The van der Waals surface area contributed by atoms with E-state index in [-0.39, 0.29) is 60.8 Å². The molecule has 0 aromatic heterocycles. The summed E-state index contributed by atoms with van der Waals surface area (Å²) in [6.07, 6.45) is -0.629. The van der Waals surface area contributed by atoms with Gasteiger partial charge in [0.1, 0.15) is 0 Å². The van der Waals surface area contributed by atoms with Gasteiger partial charge in [-0.3, -0.25) is 4.79 Å². The molecule has 1 saturated heterocycles. The number of carbonyl (C=O) groups is 1. The molecule has 3 aliphatic rings. The van der Waals surface area contributed by atoms with Gasteiger partial charge in [-0.05, 0) is 46.9 Å². The Labute approximate surface area is 172 Å². The van der Waals surface area contributed by atoms with E-state index in [9.17, 15) is 15.0 Å². The molecule has 4 atom stereocenters. The molecular formula is C22H22O8. The predicted octanol–water partition coefficient (Wildman–Crippen LogP) is 2.50. The normalized spacial score (nSPS) is 26.4. The lowest BCUT2D eigenvalue weighted by molar-refractivity contribution is -0.158. The van der Waals surface area contributed by atoms with Gasteiger partial charge in [-0.2, -0.15) is 0 Å². The quantitative estimate of drug-likeness (QED) is 0.739. The zero-order valence-corrected chi connectivity index (χ0v) is 16.6. The number of phenols is 1. The number of aliphatic hydroxyl groups excluding tert-OH is 1. The van der Waals surface area contributed by atoms with Crippen molar-refractivity contribution >= 4 is 5.97 Å². The second-order valence-electron chi connectivity index (χ2n) is 7.75. The number of aromatic hydroxyl groups is 1. The molecule has 2 aromatic rings. The molecule has 158 valence electrons. The van der Waals surface area contributed by atoms with Crippen molar-refractivity contribution in [1.82, 2.24) is 0 Å². The fraction of sp³-hybridized carbons (Fsp3) is 0.409. The van der Waals surface area contributed by atoms with Crippen LogP contribution in [0.15, 0.2) is 24.3 Å². The van der Waals surface area contributed by atoms with E-state index in [0.717, 1.165) is 16.7 Å². The fourth-order valence-corrected chi connectivity index (χ4v) is 4.89. The molecule has 1 aliphatic carbocycles. The standard InChI is InChI=1S/C22H22O8/c1-26-17-3-10(4-18(27-2)22(17)25)20-11-5-15-16(30-9-29-15)6-13(11)21(24)14-8-28-19(23)7-12(14)20/h3-6,12,14,20-21,24-25H,7-9H2,1-2H3/t12-,14-,20+,21+/m0/s1. The highest BCUT2D eigenvalue weighted by Gasteiger charge is 2.47. The first-order valence-electron chi connectivity index (χ1n) is 9.73. The molecule has 0 unspecified atom stereocenters. The fourth-order valence-electron chi connectivity index (χ4n) is 4.89. The number of fused-ring (bicyclic) bond motifs is 3. The van der Waals surface area contributed by atoms with Gasteiger partial charge in [0.15, 0.2) is 23.0 Å². The molecule has 8 nitrogen and oxygen atoms in total. The average Bonchev–Trinajstić information content (AvgIpc) is 3.21. The van der Waals surface area contributed by atoms with E-state index in [1.54, 1.807) is 18.2 Å². The molecule has 5 rings (SSSR count). The Kier molecular flexibility index (Phi) is 4.39. The van der Waals surface area contributed by atoms with Crippen LogP contribution in [0.3, 0.4) is 0 Å². The van der Waals surface area contributed by atoms with Gasteiger partial charge >= 0.3 is 5.97 Å². The molecular weight excluding hydrogens is 392 g/mol. The van der Waals surface area contributed by atoms with Gasteiger partial charge < -0.3 is 33.9 Å². The molecule has 0 saturated carbocycles. The van der Waals surface area contributed by atoms with Gasteiger partial charge in [0.05, 0.1) is 26.9 Å². The first kappa shape index (κ1) is 18.9. The summed E-state index contributed by atoms with van der Waals surface area (Å²) in [6.45, 7) is 0.260. The number of esters is 1. The second-order valence-corrected chi connectivity index (χ2v) is 7.75. The van der Waals surface area contributed by atoms with Crippen LogP contribution in [0.25, 0.3) is 0 Å². The molecule has 0 amide bonds. The summed E-state index contributed by atoms with van der Waals surface area (Å²) in [5.41, 5.74) is 2.37. The van der Waals surface area contributed by atoms with Gasteiger partial charge in [-0.25, -0.2) is 0 Å². The minimum atomic E-state index is -0.801. The minimum absolute atomic E-state index is 0.0925. The molecule has 0 spiro atoms. The Morgan fingerprint density at radius 2 is 1.57 bits per heavy atom. The molecule has 2 aliphatic heterocycles. The maximum atomic E-state index is 12.2. The van der Waals surface area contributed by atoms with Gasteiger partial charge in [-0.15, -0.1) is 0 Å². The summed E-state index contributed by atoms with van der Waals surface area (Å²) in [5.74, 6) is 0.596. The summed E-state index contributed by atoms with van der Waals surface area (Å²) in [5, 5.41) is 21.5. The first-order valence-corrected chi connectivity index (χ1v) is 9.73. The third-order valence-electron chi connectivity index (χ3n) is 6.32. The highest BCUT2D eigenvalue weighted by Crippen LogP contribution is 2.55. The Morgan fingerprint density at radius 3 is 2.20 bits per heavy atom. The van der Waals surface area contributed by atoms with Crippen LogP contribution in [-0.2, 0) is 9.53 Å². The zero-order valence-electron chi connectivity index (χ0n) is 16.6. The summed E-state index contributed by atoms with van der Waals surface area (Å²) in [4.78, 5) is 12.2. The van der Waals surface area contributed by atoms with Crippen LogP contribution in [-0.4, -0.2) is 43.8 Å². The Hall–Kier alpha value is -3.13. The van der Waals surface area contributed by atoms with Gasteiger partial charge in [0.2, 0.25) is 12.5 Å². The largest absolute Gasteiger partial charge is 0.502 e. The topological polar surface area (TPSA) is 104 Å². The van der Waals surface area contributed by atoms with Crippen LogP contribution in [0, 0.1) is 11.8 Å². The van der Waals surface area contributed by atoms with E-state index in [2.05, 4.69) is 0 Å². The maximum Gasteiger partial charge on any atom is 0.306 e. The molecule has 2 N–H and O–H groups in total. The minimum Gasteiger partial charge on any atom is -0.502 e. The Morgan fingerprint density at radius 1 is 0.933 bits per heavy atom. The summed E-state index contributed by atoms with van der Waals surface area (Å²) < 4.78 is 27.0. The summed E-state index contributed by atoms with van der Waals surface area (Å²) in [7, 11) is 2.94. The lowest BCUT2D eigenvalue weighted by Crippen LogP contribution is -2.42. The zero-order chi connectivity index (χ0) is 21.0. The van der Waals surface area contributed by atoms with Crippen LogP contribution in [0.4, 0.5) is 0 Å². The molecule has 8 heteroatoms. The number of rotatable bonds is 3. The van der Waals surface area contributed by atoms with Crippen LogP contribution in [0.5, 0.6) is 28.7 Å². The van der Waals surface area contributed by atoms with Crippen molar-refractivity contribution in [1.29, 1.82) is 0 Å². The smallest absolute Gasteiger partial charge is 0.306 e. The average molecular weight is 414 g/mol. The third-order valence-corrected chi connectivity index (χ3v) is 6.32. The highest BCUT2D eigenvalue weighted by molar-refractivity contribution is 5.71. The number of benzene rings is 2. The van der Waals surface area contributed by atoms with Crippen molar-refractivity contribution in [3.8, 4) is 28.7 Å². The molecule has 0 radical (unpaired) electrons. The van der Waals surface area contributed by atoms with Crippen molar-refractivity contribution in [3.63, 3.8) is 0 Å². The lowest BCUT2D eigenvalue weighted by atomic mass is 9.63. The molecule has 30 heavy (non-hydrogen) atoms. The number of methoxy groups -OCH3 is 2. The maximum absolute atomic E-state index is 12.2. The van der Waals surface area contributed by atoms with Crippen LogP contribution in [0.2, 0.25) is 0 Å². The number of hydrogen-bond acceptors (Lipinski definition) is 8. The van der Waals surface area contributed by atoms with E-state index in [0.29, 0.717) is 11.5 Å². The van der Waals surface area contributed by atoms with Crippen molar-refractivity contribution < 1.29 is 38.7 Å². The van der Waals surface area contributed by atoms with E-state index in [4.69, 9.17) is 23.7 Å². The van der Waals surface area contributed by atoms with Crippen molar-refractivity contribution in [2.24, 2.45) is 11.8 Å². The summed E-state index contributed by atoms with van der Waals surface area (Å²) >= 11 is 0. The van der Waals surface area contributed by atoms with Gasteiger partial charge in [0, 0.05) is 18.3 Å². The van der Waals surface area contributed by atoms with Crippen LogP contribution >= 0.6 is 0 Å². The number of cyclic esters (lactones) is 1. The number of carbonyl (C=O) groups excluding carboxylic acids is 1. The Balaban J connectivity index is 1.73. The predicted molar refractivity (Wildman–Crippen MR) is 103 cm³/mol. The summed E-state index contributed by atoms with van der Waals surface area (Å²) in [6, 6.07) is 7.15. The monoisotopic (exact) mass is 414 g/mol. The number of hydrogen-bond donors (Lipinski definition) is 2. The van der Waals surface area contributed by atoms with E-state index < -0.39 is 6.10 Å². The van der Waals surface area contributed by atoms with Crippen molar-refractivity contribution in [2.45, 2.75) is 18.4 Å². The molecule has 0 bridgehead atoms.